The minimum Gasteiger partial charge on any atom is -0.478 e. The van der Waals surface area contributed by atoms with E-state index in [0.717, 1.165) is 0 Å². The van der Waals surface area contributed by atoms with E-state index in [-0.39, 0.29) is 30.7 Å². The number of ether oxygens (including phenoxy) is 1. The third-order valence-corrected chi connectivity index (χ3v) is 3.97. The number of nitrogens with one attached hydrogen (secondary N) is 1. The predicted octanol–water partition coefficient (Wildman–Crippen LogP) is 0.152. The maximum absolute atomic E-state index is 11.7. The lowest BCUT2D eigenvalue weighted by Crippen LogP contribution is -2.26. The molecule has 9 heteroatoms. The summed E-state index contributed by atoms with van der Waals surface area (Å²) >= 11 is 0. The highest BCUT2D eigenvalue weighted by Gasteiger charge is 2.12. The Bertz CT molecular complexity index is 614. The number of esters is 1. The number of rotatable bonds is 8. The molecule has 0 spiro atoms. The Hall–Kier alpha value is -2.00. The predicted molar refractivity (Wildman–Crippen MR) is 73.1 cm³/mol. The van der Waals surface area contributed by atoms with E-state index in [1.807, 2.05) is 0 Å². The first kappa shape index (κ1) is 17.1. The van der Waals surface area contributed by atoms with Gasteiger partial charge in [-0.25, -0.2) is 17.9 Å². The second-order valence-corrected chi connectivity index (χ2v) is 6.09. The van der Waals surface area contributed by atoms with Gasteiger partial charge in [-0.15, -0.1) is 0 Å². The van der Waals surface area contributed by atoms with Gasteiger partial charge < -0.3 is 9.84 Å². The molecule has 0 amide bonds. The van der Waals surface area contributed by atoms with E-state index in [4.69, 9.17) is 5.11 Å². The SMILES string of the molecule is COC(=O)CCCS(=O)(=O)NCc1cc(C(=O)O)ccn1. The van der Waals surface area contributed by atoms with Gasteiger partial charge in [0, 0.05) is 12.6 Å². The molecule has 0 atom stereocenters. The summed E-state index contributed by atoms with van der Waals surface area (Å²) in [7, 11) is -2.33. The summed E-state index contributed by atoms with van der Waals surface area (Å²) in [6.45, 7) is -0.109. The van der Waals surface area contributed by atoms with Crippen LogP contribution in [0.3, 0.4) is 0 Å². The largest absolute Gasteiger partial charge is 0.478 e. The second kappa shape index (κ2) is 7.70. The Morgan fingerprint density at radius 1 is 1.43 bits per heavy atom. The lowest BCUT2D eigenvalue weighted by Gasteiger charge is -2.06. The topological polar surface area (TPSA) is 123 Å². The Morgan fingerprint density at radius 3 is 2.76 bits per heavy atom. The van der Waals surface area contributed by atoms with E-state index >= 15 is 0 Å². The van der Waals surface area contributed by atoms with Crippen LogP contribution in [0.25, 0.3) is 0 Å². The summed E-state index contributed by atoms with van der Waals surface area (Å²) in [5.74, 6) is -1.80. The van der Waals surface area contributed by atoms with E-state index in [1.165, 1.54) is 25.4 Å². The minimum absolute atomic E-state index is 0.0180. The van der Waals surface area contributed by atoms with Crippen molar-refractivity contribution in [1.29, 1.82) is 0 Å². The highest BCUT2D eigenvalue weighted by atomic mass is 32.2. The average Bonchev–Trinajstić information content (AvgIpc) is 2.45. The number of nitrogens with zero attached hydrogens (tertiary/aromatic N) is 1. The van der Waals surface area contributed by atoms with Crippen LogP contribution >= 0.6 is 0 Å². The smallest absolute Gasteiger partial charge is 0.335 e. The Balaban J connectivity index is 2.51. The first-order valence-electron chi connectivity index (χ1n) is 6.06. The molecular weight excluding hydrogens is 300 g/mol. The molecule has 0 aliphatic carbocycles. The first-order chi connectivity index (χ1) is 9.84. The van der Waals surface area contributed by atoms with Crippen LogP contribution in [-0.2, 0) is 26.1 Å². The van der Waals surface area contributed by atoms with Gasteiger partial charge in [0.1, 0.15) is 0 Å². The van der Waals surface area contributed by atoms with Crippen LogP contribution in [0.1, 0.15) is 28.9 Å². The Labute approximate surface area is 122 Å². The zero-order chi connectivity index (χ0) is 15.9. The molecule has 0 radical (unpaired) electrons. The quantitative estimate of drug-likeness (QED) is 0.654. The summed E-state index contributed by atoms with van der Waals surface area (Å²) in [6.07, 6.45) is 1.46. The van der Waals surface area contributed by atoms with E-state index in [9.17, 15) is 18.0 Å². The molecule has 0 aromatic carbocycles. The van der Waals surface area contributed by atoms with Gasteiger partial charge >= 0.3 is 11.9 Å². The molecule has 0 saturated heterocycles. The van der Waals surface area contributed by atoms with Gasteiger partial charge in [0.2, 0.25) is 10.0 Å². The summed E-state index contributed by atoms with van der Waals surface area (Å²) in [5, 5.41) is 8.82. The van der Waals surface area contributed by atoms with Gasteiger partial charge in [-0.1, -0.05) is 0 Å². The Kier molecular flexibility index (Phi) is 6.25. The summed E-state index contributed by atoms with van der Waals surface area (Å²) < 4.78 is 30.1. The number of carbonyl (C=O) groups is 2. The number of hydrogen-bond acceptors (Lipinski definition) is 6. The molecule has 116 valence electrons. The monoisotopic (exact) mass is 316 g/mol. The molecule has 1 aromatic rings. The molecule has 1 heterocycles. The molecule has 0 unspecified atom stereocenters. The summed E-state index contributed by atoms with van der Waals surface area (Å²) in [6, 6.07) is 2.61. The summed E-state index contributed by atoms with van der Waals surface area (Å²) in [5.41, 5.74) is 0.330. The molecule has 0 fully saturated rings. The molecular formula is C12H16N2O6S. The van der Waals surface area contributed by atoms with Gasteiger partial charge in [0.05, 0.1) is 30.7 Å². The van der Waals surface area contributed by atoms with Crippen molar-refractivity contribution in [2.24, 2.45) is 0 Å². The molecule has 0 aliphatic rings. The lowest BCUT2D eigenvalue weighted by molar-refractivity contribution is -0.140. The fraction of sp³-hybridized carbons (Fsp3) is 0.417. The number of carbonyl (C=O) groups excluding carboxylic acids is 1. The number of aromatic nitrogens is 1. The second-order valence-electron chi connectivity index (χ2n) is 4.16. The molecule has 8 nitrogen and oxygen atoms in total. The zero-order valence-corrected chi connectivity index (χ0v) is 12.2. The van der Waals surface area contributed by atoms with Crippen LogP contribution in [0.2, 0.25) is 0 Å². The third-order valence-electron chi connectivity index (χ3n) is 2.56. The standard InChI is InChI=1S/C12H16N2O6S/c1-20-11(15)3-2-6-21(18,19)14-8-10-7-9(12(16)17)4-5-13-10/h4-5,7,14H,2-3,6,8H2,1H3,(H,16,17). The van der Waals surface area contributed by atoms with Crippen molar-refractivity contribution < 1.29 is 27.9 Å². The van der Waals surface area contributed by atoms with E-state index in [1.54, 1.807) is 0 Å². The van der Waals surface area contributed by atoms with Crippen LogP contribution in [0.15, 0.2) is 18.3 Å². The van der Waals surface area contributed by atoms with Crippen molar-refractivity contribution in [3.63, 3.8) is 0 Å². The fourth-order valence-corrected chi connectivity index (χ4v) is 2.51. The van der Waals surface area contributed by atoms with Gasteiger partial charge in [-0.3, -0.25) is 9.78 Å². The molecule has 0 saturated carbocycles. The number of carboxylic acids is 1. The van der Waals surface area contributed by atoms with Crippen molar-refractivity contribution >= 4 is 22.0 Å². The van der Waals surface area contributed by atoms with Gasteiger partial charge in [-0.05, 0) is 18.6 Å². The van der Waals surface area contributed by atoms with Gasteiger partial charge in [0.25, 0.3) is 0 Å². The van der Waals surface area contributed by atoms with E-state index in [0.29, 0.717) is 5.69 Å². The van der Waals surface area contributed by atoms with Crippen LogP contribution in [0.5, 0.6) is 0 Å². The Morgan fingerprint density at radius 2 is 2.14 bits per heavy atom. The number of pyridine rings is 1. The van der Waals surface area contributed by atoms with Gasteiger partial charge in [-0.2, -0.15) is 0 Å². The maximum atomic E-state index is 11.7. The van der Waals surface area contributed by atoms with Crippen molar-refractivity contribution in [3.05, 3.63) is 29.6 Å². The number of hydrogen-bond donors (Lipinski definition) is 2. The van der Waals surface area contributed by atoms with Gasteiger partial charge in [0.15, 0.2) is 0 Å². The van der Waals surface area contributed by atoms with E-state index < -0.39 is 22.0 Å². The van der Waals surface area contributed by atoms with E-state index in [2.05, 4.69) is 14.4 Å². The highest BCUT2D eigenvalue weighted by Crippen LogP contribution is 2.03. The first-order valence-corrected chi connectivity index (χ1v) is 7.71. The molecule has 1 rings (SSSR count). The van der Waals surface area contributed by atoms with Crippen LogP contribution in [0.4, 0.5) is 0 Å². The van der Waals surface area contributed by atoms with Crippen LogP contribution in [0, 0.1) is 0 Å². The number of carboxylic acid groups (broad SMARTS) is 1. The number of methoxy groups -OCH3 is 1. The molecule has 21 heavy (non-hydrogen) atoms. The number of aromatic carboxylic acids is 1. The third kappa shape index (κ3) is 6.32. The molecule has 0 bridgehead atoms. The average molecular weight is 316 g/mol. The van der Waals surface area contributed by atoms with Crippen LogP contribution < -0.4 is 4.72 Å². The molecule has 1 aromatic heterocycles. The molecule has 0 aliphatic heterocycles. The maximum Gasteiger partial charge on any atom is 0.335 e. The van der Waals surface area contributed by atoms with Crippen LogP contribution in [-0.4, -0.2) is 43.3 Å². The highest BCUT2D eigenvalue weighted by molar-refractivity contribution is 7.89. The zero-order valence-electron chi connectivity index (χ0n) is 11.4. The summed E-state index contributed by atoms with van der Waals surface area (Å²) in [4.78, 5) is 25.5. The van der Waals surface area contributed by atoms with Crippen molar-refractivity contribution in [3.8, 4) is 0 Å². The lowest BCUT2D eigenvalue weighted by atomic mass is 10.2. The van der Waals surface area contributed by atoms with Crippen molar-refractivity contribution in [2.45, 2.75) is 19.4 Å². The van der Waals surface area contributed by atoms with Crippen molar-refractivity contribution in [1.82, 2.24) is 9.71 Å². The normalized spacial score (nSPS) is 11.1. The fourth-order valence-electron chi connectivity index (χ4n) is 1.47. The van der Waals surface area contributed by atoms with Crippen molar-refractivity contribution in [2.75, 3.05) is 12.9 Å². The number of sulfonamides is 1. The minimum atomic E-state index is -3.56. The molecule has 2 N–H and O–H groups in total.